The largest absolute Gasteiger partial charge is 1.00 e. The zero-order valence-electron chi connectivity index (χ0n) is 8.51. The van der Waals surface area contributed by atoms with E-state index < -0.39 is 18.0 Å². The summed E-state index contributed by atoms with van der Waals surface area (Å²) < 4.78 is 37.2. The summed E-state index contributed by atoms with van der Waals surface area (Å²) in [6.45, 7) is -5.05. The molecule has 2 nitrogen and oxygen atoms in total. The Morgan fingerprint density at radius 1 is 1.12 bits per heavy atom. The van der Waals surface area contributed by atoms with Gasteiger partial charge in [-0.2, -0.15) is 0 Å². The molecule has 0 saturated heterocycles. The van der Waals surface area contributed by atoms with Crippen molar-refractivity contribution in [3.63, 3.8) is 0 Å². The van der Waals surface area contributed by atoms with Crippen LogP contribution in [-0.2, 0) is 0 Å². The second-order valence-electron chi connectivity index (χ2n) is 3.23. The summed E-state index contributed by atoms with van der Waals surface area (Å²) in [4.78, 5) is 13.6. The standard InChI is InChI=1S/C9H6BF3NO.K/c11-10(12,13)7-2-1-6-3-4-14-9(15)8(6)5-7;/h1-5H,(H,14,15);/q-1;+1. The summed E-state index contributed by atoms with van der Waals surface area (Å²) in [5.41, 5.74) is -1.26. The first-order valence-corrected chi connectivity index (χ1v) is 4.30. The summed E-state index contributed by atoms with van der Waals surface area (Å²) in [5.74, 6) is 0. The van der Waals surface area contributed by atoms with Crippen molar-refractivity contribution in [3.05, 3.63) is 40.8 Å². The smallest absolute Gasteiger partial charge is 0.445 e. The molecule has 0 amide bonds. The second kappa shape index (κ2) is 5.05. The number of fused-ring (bicyclic) bond motifs is 1. The maximum atomic E-state index is 12.4. The summed E-state index contributed by atoms with van der Waals surface area (Å²) in [6.07, 6.45) is 1.41. The van der Waals surface area contributed by atoms with E-state index in [4.69, 9.17) is 0 Å². The second-order valence-corrected chi connectivity index (χ2v) is 3.23. The number of pyridine rings is 1. The van der Waals surface area contributed by atoms with Gasteiger partial charge in [-0.15, -0.1) is 5.46 Å². The number of benzene rings is 1. The molecule has 1 heterocycles. The molecule has 1 aromatic heterocycles. The molecule has 2 aromatic rings. The SMILES string of the molecule is O=c1[nH]ccc2ccc([B-](F)(F)F)cc12.[K+]. The van der Waals surface area contributed by atoms with Gasteiger partial charge in [0.15, 0.2) is 0 Å². The Morgan fingerprint density at radius 2 is 1.81 bits per heavy atom. The zero-order valence-corrected chi connectivity index (χ0v) is 11.6. The van der Waals surface area contributed by atoms with Crippen molar-refractivity contribution in [3.8, 4) is 0 Å². The number of aromatic nitrogens is 1. The average molecular weight is 251 g/mol. The van der Waals surface area contributed by atoms with E-state index in [0.29, 0.717) is 5.39 Å². The van der Waals surface area contributed by atoms with Gasteiger partial charge in [0.05, 0.1) is 0 Å². The van der Waals surface area contributed by atoms with Gasteiger partial charge in [-0.05, 0) is 11.5 Å². The molecule has 78 valence electrons. The third-order valence-corrected chi connectivity index (χ3v) is 2.18. The van der Waals surface area contributed by atoms with Crippen LogP contribution < -0.4 is 62.4 Å². The van der Waals surface area contributed by atoms with Crippen LogP contribution in [0, 0.1) is 0 Å². The van der Waals surface area contributed by atoms with Crippen LogP contribution in [0.1, 0.15) is 0 Å². The fraction of sp³-hybridized carbons (Fsp3) is 0. The van der Waals surface area contributed by atoms with Crippen molar-refractivity contribution in [2.24, 2.45) is 0 Å². The van der Waals surface area contributed by atoms with Crippen LogP contribution in [0.25, 0.3) is 10.8 Å². The molecule has 16 heavy (non-hydrogen) atoms. The van der Waals surface area contributed by atoms with E-state index >= 15 is 0 Å². The molecule has 0 saturated carbocycles. The quantitative estimate of drug-likeness (QED) is 0.620. The topological polar surface area (TPSA) is 32.9 Å². The van der Waals surface area contributed by atoms with E-state index in [-0.39, 0.29) is 56.8 Å². The van der Waals surface area contributed by atoms with Gasteiger partial charge in [0.1, 0.15) is 0 Å². The third kappa shape index (κ3) is 2.78. The molecule has 0 bridgehead atoms. The van der Waals surface area contributed by atoms with Gasteiger partial charge in [0, 0.05) is 11.6 Å². The van der Waals surface area contributed by atoms with E-state index in [1.54, 1.807) is 6.07 Å². The minimum atomic E-state index is -5.05. The van der Waals surface area contributed by atoms with Gasteiger partial charge in [-0.3, -0.25) is 4.79 Å². The Labute approximate surface area is 132 Å². The van der Waals surface area contributed by atoms with E-state index in [1.165, 1.54) is 12.3 Å². The van der Waals surface area contributed by atoms with Gasteiger partial charge in [0.25, 0.3) is 5.56 Å². The molecule has 0 unspecified atom stereocenters. The van der Waals surface area contributed by atoms with Crippen LogP contribution in [0.3, 0.4) is 0 Å². The van der Waals surface area contributed by atoms with E-state index in [0.717, 1.165) is 12.1 Å². The summed E-state index contributed by atoms with van der Waals surface area (Å²) in [7, 11) is 0. The van der Waals surface area contributed by atoms with Crippen molar-refractivity contribution in [1.82, 2.24) is 4.98 Å². The number of aromatic amines is 1. The number of halogens is 3. The van der Waals surface area contributed by atoms with Crippen molar-refractivity contribution in [2.45, 2.75) is 0 Å². The average Bonchev–Trinajstić information content (AvgIpc) is 2.16. The number of nitrogens with one attached hydrogen (secondary N) is 1. The molecule has 1 N–H and O–H groups in total. The summed E-state index contributed by atoms with van der Waals surface area (Å²) in [5, 5.41) is 0.566. The van der Waals surface area contributed by atoms with Crippen LogP contribution in [-0.4, -0.2) is 12.0 Å². The molecule has 0 fully saturated rings. The van der Waals surface area contributed by atoms with Crippen molar-refractivity contribution in [2.75, 3.05) is 0 Å². The van der Waals surface area contributed by atoms with Crippen molar-refractivity contribution >= 4 is 23.2 Å². The molecule has 0 radical (unpaired) electrons. The fourth-order valence-corrected chi connectivity index (χ4v) is 1.40. The number of H-pyrrole nitrogens is 1. The van der Waals surface area contributed by atoms with Crippen molar-refractivity contribution < 1.29 is 64.3 Å². The first-order valence-electron chi connectivity index (χ1n) is 4.30. The minimum absolute atomic E-state index is 0. The molecule has 1 aromatic carbocycles. The third-order valence-electron chi connectivity index (χ3n) is 2.18. The van der Waals surface area contributed by atoms with Gasteiger partial charge in [0.2, 0.25) is 0 Å². The van der Waals surface area contributed by atoms with Gasteiger partial charge in [-0.1, -0.05) is 18.2 Å². The molecule has 0 aliphatic carbocycles. The zero-order chi connectivity index (χ0) is 11.1. The van der Waals surface area contributed by atoms with E-state index in [1.807, 2.05) is 0 Å². The number of rotatable bonds is 1. The van der Waals surface area contributed by atoms with Crippen LogP contribution in [0.5, 0.6) is 0 Å². The van der Waals surface area contributed by atoms with E-state index in [9.17, 15) is 17.7 Å². The number of hydrogen-bond donors (Lipinski definition) is 1. The van der Waals surface area contributed by atoms with E-state index in [2.05, 4.69) is 4.98 Å². The molecular weight excluding hydrogens is 245 g/mol. The molecule has 7 heteroatoms. The van der Waals surface area contributed by atoms with Crippen LogP contribution >= 0.6 is 0 Å². The Kier molecular flexibility index (Phi) is 4.42. The molecule has 0 aliphatic heterocycles. The van der Waals surface area contributed by atoms with Crippen LogP contribution in [0.4, 0.5) is 12.9 Å². The van der Waals surface area contributed by atoms with Crippen molar-refractivity contribution in [1.29, 1.82) is 0 Å². The Morgan fingerprint density at radius 3 is 2.44 bits per heavy atom. The maximum Gasteiger partial charge on any atom is 1.00 e. The summed E-state index contributed by atoms with van der Waals surface area (Å²) >= 11 is 0. The first kappa shape index (κ1) is 14.0. The molecule has 0 atom stereocenters. The van der Waals surface area contributed by atoms with Crippen LogP contribution in [0.2, 0.25) is 0 Å². The first-order chi connectivity index (χ1) is 6.98. The van der Waals surface area contributed by atoms with Crippen LogP contribution in [0.15, 0.2) is 35.3 Å². The molecule has 2 rings (SSSR count). The predicted octanol–water partition coefficient (Wildman–Crippen LogP) is -1.41. The monoisotopic (exact) mass is 251 g/mol. The number of hydrogen-bond acceptors (Lipinski definition) is 1. The van der Waals surface area contributed by atoms with Gasteiger partial charge < -0.3 is 17.9 Å². The fourth-order valence-electron chi connectivity index (χ4n) is 1.40. The minimum Gasteiger partial charge on any atom is -0.445 e. The van der Waals surface area contributed by atoms with Gasteiger partial charge >= 0.3 is 58.4 Å². The molecular formula is C9H6BF3KNO. The maximum absolute atomic E-state index is 12.4. The molecule has 0 aliphatic rings. The summed E-state index contributed by atoms with van der Waals surface area (Å²) in [6, 6.07) is 4.73. The Balaban J connectivity index is 0.00000128. The Bertz CT molecular complexity index is 566. The molecule has 0 spiro atoms. The normalized spacial score (nSPS) is 11.2. The van der Waals surface area contributed by atoms with Gasteiger partial charge in [-0.25, -0.2) is 0 Å². The Hall–Kier alpha value is -0.0787. The predicted molar refractivity (Wildman–Crippen MR) is 53.3 cm³/mol.